The number of carbonyl (C=O) groups is 1. The number of amides is 1. The van der Waals surface area contributed by atoms with Crippen LogP contribution in [-0.4, -0.2) is 38.2 Å². The van der Waals surface area contributed by atoms with Gasteiger partial charge in [0.2, 0.25) is 17.0 Å². The van der Waals surface area contributed by atoms with Crippen molar-refractivity contribution >= 4 is 51.4 Å². The topological polar surface area (TPSA) is 115 Å². The Morgan fingerprint density at radius 2 is 2.10 bits per heavy atom. The highest BCUT2D eigenvalue weighted by Gasteiger charge is 2.08. The van der Waals surface area contributed by atoms with Crippen LogP contribution < -0.4 is 10.7 Å². The van der Waals surface area contributed by atoms with E-state index in [9.17, 15) is 9.90 Å². The Morgan fingerprint density at radius 1 is 1.30 bits per heavy atom. The van der Waals surface area contributed by atoms with Crippen molar-refractivity contribution in [3.05, 3.63) is 70.7 Å². The van der Waals surface area contributed by atoms with E-state index in [1.165, 1.54) is 18.0 Å². The Morgan fingerprint density at radius 3 is 2.87 bits per heavy atom. The number of hydrazone groups is 1. The van der Waals surface area contributed by atoms with Gasteiger partial charge in [-0.05, 0) is 42.3 Å². The standard InChI is InChI=1S/C20H19BrN6O2S/c1-2-4-13-5-3-6-14(18(13)29)11-22-25-19-24-20(27-26-19)30-12-17(28)23-16-9-7-15(21)8-10-16/h2-3,5-11,29H,1,4,12H2,(H,23,28)(H2,24,25,26,27)/b22-11-. The Bertz CT molecular complexity index is 1050. The third-order valence-electron chi connectivity index (χ3n) is 3.81. The number of aromatic amines is 1. The van der Waals surface area contributed by atoms with E-state index in [0.717, 1.165) is 15.7 Å². The molecule has 0 atom stereocenters. The molecule has 30 heavy (non-hydrogen) atoms. The molecule has 3 rings (SSSR count). The zero-order chi connectivity index (χ0) is 21.3. The summed E-state index contributed by atoms with van der Waals surface area (Å²) < 4.78 is 0.943. The molecule has 1 heterocycles. The van der Waals surface area contributed by atoms with Crippen LogP contribution in [0.3, 0.4) is 0 Å². The summed E-state index contributed by atoms with van der Waals surface area (Å²) in [4.78, 5) is 16.2. The zero-order valence-corrected chi connectivity index (χ0v) is 18.2. The van der Waals surface area contributed by atoms with Gasteiger partial charge in [-0.3, -0.25) is 4.79 Å². The average Bonchev–Trinajstić information content (AvgIpc) is 3.19. The quantitative estimate of drug-likeness (QED) is 0.156. The van der Waals surface area contributed by atoms with Gasteiger partial charge in [-0.2, -0.15) is 10.1 Å². The third-order valence-corrected chi connectivity index (χ3v) is 5.19. The third kappa shape index (κ3) is 6.19. The van der Waals surface area contributed by atoms with Crippen LogP contribution in [-0.2, 0) is 11.2 Å². The molecule has 0 radical (unpaired) electrons. The molecule has 0 aliphatic rings. The maximum atomic E-state index is 12.0. The van der Waals surface area contributed by atoms with Crippen molar-refractivity contribution in [2.75, 3.05) is 16.5 Å². The lowest BCUT2D eigenvalue weighted by atomic mass is 10.1. The second-order valence-corrected chi connectivity index (χ2v) is 7.89. The van der Waals surface area contributed by atoms with Crippen LogP contribution in [0.15, 0.2) is 69.9 Å². The maximum absolute atomic E-state index is 12.0. The normalized spacial score (nSPS) is 10.8. The highest BCUT2D eigenvalue weighted by atomic mass is 79.9. The summed E-state index contributed by atoms with van der Waals surface area (Å²) in [6.45, 7) is 3.68. The van der Waals surface area contributed by atoms with E-state index < -0.39 is 0 Å². The predicted octanol–water partition coefficient (Wildman–Crippen LogP) is 4.18. The summed E-state index contributed by atoms with van der Waals surface area (Å²) in [7, 11) is 0. The van der Waals surface area contributed by atoms with E-state index in [-0.39, 0.29) is 17.4 Å². The molecule has 0 bridgehead atoms. The molecule has 0 aliphatic heterocycles. The van der Waals surface area contributed by atoms with E-state index in [0.29, 0.717) is 23.1 Å². The molecular weight excluding hydrogens is 468 g/mol. The first-order chi connectivity index (χ1) is 14.5. The highest BCUT2D eigenvalue weighted by molar-refractivity contribution is 9.10. The fourth-order valence-corrected chi connectivity index (χ4v) is 3.28. The van der Waals surface area contributed by atoms with E-state index in [2.05, 4.69) is 53.5 Å². The number of allylic oxidation sites excluding steroid dienone is 1. The lowest BCUT2D eigenvalue weighted by molar-refractivity contribution is -0.113. The van der Waals surface area contributed by atoms with Crippen LogP contribution in [0, 0.1) is 0 Å². The minimum absolute atomic E-state index is 0.158. The molecule has 0 fully saturated rings. The van der Waals surface area contributed by atoms with Gasteiger partial charge in [0.05, 0.1) is 12.0 Å². The molecule has 0 saturated carbocycles. The average molecular weight is 487 g/mol. The number of H-pyrrole nitrogens is 1. The van der Waals surface area contributed by atoms with Gasteiger partial charge in [0.1, 0.15) is 5.75 Å². The number of para-hydroxylation sites is 1. The SMILES string of the molecule is C=CCc1cccc(/C=N\Nc2nc(SCC(=O)Nc3ccc(Br)cc3)n[nH]2)c1O. The lowest BCUT2D eigenvalue weighted by Crippen LogP contribution is -2.13. The van der Waals surface area contributed by atoms with Crippen molar-refractivity contribution in [3.8, 4) is 5.75 Å². The minimum Gasteiger partial charge on any atom is -0.507 e. The predicted molar refractivity (Wildman–Crippen MR) is 123 cm³/mol. The van der Waals surface area contributed by atoms with Gasteiger partial charge in [-0.25, -0.2) is 10.5 Å². The van der Waals surface area contributed by atoms with Gasteiger partial charge in [-0.15, -0.1) is 11.7 Å². The van der Waals surface area contributed by atoms with Crippen molar-refractivity contribution in [2.24, 2.45) is 5.10 Å². The molecule has 10 heteroatoms. The molecule has 8 nitrogen and oxygen atoms in total. The molecular formula is C20H19BrN6O2S. The highest BCUT2D eigenvalue weighted by Crippen LogP contribution is 2.22. The van der Waals surface area contributed by atoms with Gasteiger partial charge in [0, 0.05) is 15.7 Å². The molecule has 0 aliphatic carbocycles. The first-order valence-electron chi connectivity index (χ1n) is 8.86. The summed E-state index contributed by atoms with van der Waals surface area (Å²) in [6, 6.07) is 12.7. The van der Waals surface area contributed by atoms with Crippen LogP contribution in [0.2, 0.25) is 0 Å². The second-order valence-electron chi connectivity index (χ2n) is 6.03. The number of nitrogens with one attached hydrogen (secondary N) is 3. The number of nitrogens with zero attached hydrogens (tertiary/aromatic N) is 3. The summed E-state index contributed by atoms with van der Waals surface area (Å²) in [5, 5.41) is 24.2. The number of benzene rings is 2. The lowest BCUT2D eigenvalue weighted by Gasteiger charge is -2.04. The number of halogens is 1. The number of phenolic OH excluding ortho intramolecular Hbond substituents is 1. The van der Waals surface area contributed by atoms with Gasteiger partial charge >= 0.3 is 0 Å². The Hall–Kier alpha value is -3.11. The fraction of sp³-hybridized carbons (Fsp3) is 0.100. The Balaban J connectivity index is 1.50. The zero-order valence-electron chi connectivity index (χ0n) is 15.8. The van der Waals surface area contributed by atoms with Crippen molar-refractivity contribution < 1.29 is 9.90 Å². The van der Waals surface area contributed by atoms with Crippen LogP contribution in [0.4, 0.5) is 11.6 Å². The molecule has 1 aromatic heterocycles. The van der Waals surface area contributed by atoms with E-state index in [1.807, 2.05) is 36.4 Å². The first kappa shape index (κ1) is 21.6. The molecule has 0 saturated heterocycles. The van der Waals surface area contributed by atoms with Gasteiger partial charge < -0.3 is 10.4 Å². The van der Waals surface area contributed by atoms with Crippen LogP contribution in [0.25, 0.3) is 0 Å². The summed E-state index contributed by atoms with van der Waals surface area (Å²) in [5.74, 6) is 0.493. The monoisotopic (exact) mass is 486 g/mol. The molecule has 4 N–H and O–H groups in total. The number of aromatic hydroxyl groups is 1. The van der Waals surface area contributed by atoms with Crippen molar-refractivity contribution in [1.82, 2.24) is 15.2 Å². The second kappa shape index (κ2) is 10.6. The number of hydrogen-bond donors (Lipinski definition) is 4. The number of thioether (sulfide) groups is 1. The molecule has 0 spiro atoms. The Kier molecular flexibility index (Phi) is 7.63. The fourth-order valence-electron chi connectivity index (χ4n) is 2.42. The smallest absolute Gasteiger partial charge is 0.240 e. The molecule has 2 aromatic carbocycles. The minimum atomic E-state index is -0.158. The Labute approximate surface area is 186 Å². The van der Waals surface area contributed by atoms with Gasteiger partial charge in [0.15, 0.2) is 0 Å². The molecule has 0 unspecified atom stereocenters. The number of aromatic nitrogens is 3. The van der Waals surface area contributed by atoms with Crippen molar-refractivity contribution in [3.63, 3.8) is 0 Å². The summed E-state index contributed by atoms with van der Waals surface area (Å²) in [5.41, 5.74) is 4.78. The first-order valence-corrected chi connectivity index (χ1v) is 10.6. The molecule has 1 amide bonds. The number of hydrogen-bond acceptors (Lipinski definition) is 7. The van der Waals surface area contributed by atoms with Gasteiger partial charge in [-0.1, -0.05) is 45.9 Å². The van der Waals surface area contributed by atoms with Crippen LogP contribution in [0.5, 0.6) is 5.75 Å². The molecule has 3 aromatic rings. The summed E-state index contributed by atoms with van der Waals surface area (Å²) >= 11 is 4.55. The van der Waals surface area contributed by atoms with Crippen LogP contribution in [0.1, 0.15) is 11.1 Å². The van der Waals surface area contributed by atoms with E-state index >= 15 is 0 Å². The van der Waals surface area contributed by atoms with Crippen molar-refractivity contribution in [2.45, 2.75) is 11.6 Å². The number of rotatable bonds is 9. The largest absolute Gasteiger partial charge is 0.507 e. The molecule has 154 valence electrons. The van der Waals surface area contributed by atoms with E-state index in [4.69, 9.17) is 0 Å². The van der Waals surface area contributed by atoms with Gasteiger partial charge in [0.25, 0.3) is 0 Å². The number of anilines is 2. The van der Waals surface area contributed by atoms with Crippen molar-refractivity contribution in [1.29, 1.82) is 0 Å². The maximum Gasteiger partial charge on any atom is 0.240 e. The summed E-state index contributed by atoms with van der Waals surface area (Å²) in [6.07, 6.45) is 3.78. The van der Waals surface area contributed by atoms with Crippen LogP contribution >= 0.6 is 27.7 Å². The van der Waals surface area contributed by atoms with E-state index in [1.54, 1.807) is 12.1 Å². The number of carbonyl (C=O) groups excluding carboxylic acids is 1. The number of phenols is 1.